The Morgan fingerprint density at radius 2 is 2.17 bits per heavy atom. The number of amides is 1. The smallest absolute Gasteiger partial charge is 0.287 e. The van der Waals surface area contributed by atoms with Crippen molar-refractivity contribution in [3.05, 3.63) is 23.2 Å². The van der Waals surface area contributed by atoms with Crippen LogP contribution in [0.15, 0.2) is 10.5 Å². The molecule has 0 fully saturated rings. The fourth-order valence-electron chi connectivity index (χ4n) is 1.95. The van der Waals surface area contributed by atoms with Gasteiger partial charge >= 0.3 is 0 Å². The summed E-state index contributed by atoms with van der Waals surface area (Å²) in [6.07, 6.45) is 1.52. The summed E-state index contributed by atoms with van der Waals surface area (Å²) in [6.45, 7) is 7.90. The molecule has 4 nitrogen and oxygen atoms in total. The Labute approximate surface area is 108 Å². The van der Waals surface area contributed by atoms with Crippen LogP contribution in [0.25, 0.3) is 0 Å². The van der Waals surface area contributed by atoms with E-state index in [-0.39, 0.29) is 18.6 Å². The van der Waals surface area contributed by atoms with Crippen molar-refractivity contribution in [3.63, 3.8) is 0 Å². The van der Waals surface area contributed by atoms with Gasteiger partial charge in [-0.25, -0.2) is 0 Å². The van der Waals surface area contributed by atoms with E-state index < -0.39 is 0 Å². The second-order valence-corrected chi connectivity index (χ2v) is 5.06. The van der Waals surface area contributed by atoms with E-state index in [1.54, 1.807) is 0 Å². The normalized spacial score (nSPS) is 12.8. The highest BCUT2D eigenvalue weighted by molar-refractivity contribution is 5.93. The zero-order chi connectivity index (χ0) is 13.7. The Morgan fingerprint density at radius 3 is 2.61 bits per heavy atom. The van der Waals surface area contributed by atoms with Crippen LogP contribution in [0.2, 0.25) is 0 Å². The average Bonchev–Trinajstić information content (AvgIpc) is 2.69. The first-order valence-electron chi connectivity index (χ1n) is 6.48. The highest BCUT2D eigenvalue weighted by atomic mass is 16.4. The molecule has 1 heterocycles. The molecule has 1 aromatic rings. The zero-order valence-corrected chi connectivity index (χ0v) is 11.6. The van der Waals surface area contributed by atoms with E-state index >= 15 is 0 Å². The predicted molar refractivity (Wildman–Crippen MR) is 70.6 cm³/mol. The van der Waals surface area contributed by atoms with Crippen LogP contribution in [0.3, 0.4) is 0 Å². The molecule has 4 heteroatoms. The van der Waals surface area contributed by atoms with Crippen molar-refractivity contribution in [1.82, 2.24) is 5.32 Å². The van der Waals surface area contributed by atoms with Gasteiger partial charge in [-0.2, -0.15) is 0 Å². The molecule has 1 atom stereocenters. The Hall–Kier alpha value is -1.29. The lowest BCUT2D eigenvalue weighted by molar-refractivity contribution is 0.0878. The van der Waals surface area contributed by atoms with Gasteiger partial charge in [0.25, 0.3) is 5.91 Å². The summed E-state index contributed by atoms with van der Waals surface area (Å²) in [7, 11) is 0. The minimum Gasteiger partial charge on any atom is -0.456 e. The summed E-state index contributed by atoms with van der Waals surface area (Å²) in [4.78, 5) is 12.0. The molecular formula is C14H23NO3. The maximum Gasteiger partial charge on any atom is 0.287 e. The summed E-state index contributed by atoms with van der Waals surface area (Å²) in [5, 5.41) is 12.1. The largest absolute Gasteiger partial charge is 0.456 e. The minimum atomic E-state index is -0.244. The molecule has 0 bridgehead atoms. The Kier molecular flexibility index (Phi) is 5.41. The predicted octanol–water partition coefficient (Wildman–Crippen LogP) is 2.29. The summed E-state index contributed by atoms with van der Waals surface area (Å²) < 4.78 is 5.48. The fraction of sp³-hybridized carbons (Fsp3) is 0.643. The molecule has 1 amide bonds. The van der Waals surface area contributed by atoms with E-state index in [1.165, 1.54) is 0 Å². The highest BCUT2D eigenvalue weighted by Crippen LogP contribution is 2.15. The van der Waals surface area contributed by atoms with E-state index in [1.807, 2.05) is 19.9 Å². The van der Waals surface area contributed by atoms with Crippen LogP contribution in [-0.4, -0.2) is 23.7 Å². The standard InChI is InChI=1S/C14H23NO3/c1-5-12-7-10(4)13(18-12)14(17)15-11(8-16)6-9(2)3/h7,9,11,16H,5-6,8H2,1-4H3,(H,15,17). The summed E-state index contributed by atoms with van der Waals surface area (Å²) in [6, 6.07) is 1.66. The van der Waals surface area contributed by atoms with Crippen molar-refractivity contribution < 1.29 is 14.3 Å². The molecule has 0 saturated heterocycles. The first kappa shape index (κ1) is 14.8. The second kappa shape index (κ2) is 6.59. The molecule has 102 valence electrons. The van der Waals surface area contributed by atoms with E-state index in [4.69, 9.17) is 4.42 Å². The highest BCUT2D eigenvalue weighted by Gasteiger charge is 2.19. The number of hydrogen-bond acceptors (Lipinski definition) is 3. The summed E-state index contributed by atoms with van der Waals surface area (Å²) in [5.74, 6) is 1.34. The van der Waals surface area contributed by atoms with Gasteiger partial charge in [0.05, 0.1) is 12.6 Å². The summed E-state index contributed by atoms with van der Waals surface area (Å²) >= 11 is 0. The number of hydrogen-bond donors (Lipinski definition) is 2. The lowest BCUT2D eigenvalue weighted by Gasteiger charge is -2.17. The number of rotatable bonds is 6. The molecule has 18 heavy (non-hydrogen) atoms. The molecule has 1 unspecified atom stereocenters. The molecule has 1 rings (SSSR count). The number of aliphatic hydroxyl groups excluding tert-OH is 1. The lowest BCUT2D eigenvalue weighted by atomic mass is 10.0. The van der Waals surface area contributed by atoms with Crippen molar-refractivity contribution in [3.8, 4) is 0 Å². The molecule has 0 aliphatic carbocycles. The van der Waals surface area contributed by atoms with Gasteiger partial charge in [-0.05, 0) is 25.3 Å². The van der Waals surface area contributed by atoms with E-state index in [0.29, 0.717) is 11.7 Å². The lowest BCUT2D eigenvalue weighted by Crippen LogP contribution is -2.38. The molecule has 1 aromatic heterocycles. The molecule has 0 aromatic carbocycles. The Morgan fingerprint density at radius 1 is 1.50 bits per heavy atom. The number of aliphatic hydroxyl groups is 1. The van der Waals surface area contributed by atoms with Crippen molar-refractivity contribution in [1.29, 1.82) is 0 Å². The van der Waals surface area contributed by atoms with Crippen LogP contribution >= 0.6 is 0 Å². The molecule has 2 N–H and O–H groups in total. The molecule has 0 radical (unpaired) electrons. The van der Waals surface area contributed by atoms with Crippen LogP contribution in [-0.2, 0) is 6.42 Å². The van der Waals surface area contributed by atoms with E-state index in [0.717, 1.165) is 24.2 Å². The van der Waals surface area contributed by atoms with Crippen LogP contribution in [0.1, 0.15) is 49.1 Å². The first-order chi connectivity index (χ1) is 8.47. The quantitative estimate of drug-likeness (QED) is 0.817. The number of furan rings is 1. The topological polar surface area (TPSA) is 62.5 Å². The van der Waals surface area contributed by atoms with E-state index in [9.17, 15) is 9.90 Å². The van der Waals surface area contributed by atoms with Gasteiger partial charge in [-0.15, -0.1) is 0 Å². The van der Waals surface area contributed by atoms with Gasteiger partial charge in [-0.3, -0.25) is 4.79 Å². The SMILES string of the molecule is CCc1cc(C)c(C(=O)NC(CO)CC(C)C)o1. The third-order valence-electron chi connectivity index (χ3n) is 2.84. The Bertz CT molecular complexity index is 396. The molecule has 0 aliphatic heterocycles. The number of nitrogens with one attached hydrogen (secondary N) is 1. The monoisotopic (exact) mass is 253 g/mol. The Balaban J connectivity index is 2.71. The molecule has 0 spiro atoms. The van der Waals surface area contributed by atoms with E-state index in [2.05, 4.69) is 19.2 Å². The molecule has 0 saturated carbocycles. The van der Waals surface area contributed by atoms with Crippen LogP contribution < -0.4 is 5.32 Å². The van der Waals surface area contributed by atoms with Gasteiger partial charge in [0.1, 0.15) is 5.76 Å². The number of carbonyl (C=O) groups excluding carboxylic acids is 1. The van der Waals surface area contributed by atoms with Gasteiger partial charge in [0.2, 0.25) is 0 Å². The zero-order valence-electron chi connectivity index (χ0n) is 11.6. The maximum atomic E-state index is 12.0. The molecular weight excluding hydrogens is 230 g/mol. The van der Waals surface area contributed by atoms with Crippen LogP contribution in [0, 0.1) is 12.8 Å². The van der Waals surface area contributed by atoms with Gasteiger partial charge in [-0.1, -0.05) is 20.8 Å². The number of carbonyl (C=O) groups is 1. The van der Waals surface area contributed by atoms with Crippen molar-refractivity contribution in [2.24, 2.45) is 5.92 Å². The number of aryl methyl sites for hydroxylation is 2. The van der Waals surface area contributed by atoms with Crippen molar-refractivity contribution >= 4 is 5.91 Å². The van der Waals surface area contributed by atoms with Crippen molar-refractivity contribution in [2.45, 2.75) is 46.6 Å². The molecule has 0 aliphatic rings. The maximum absolute atomic E-state index is 12.0. The van der Waals surface area contributed by atoms with Gasteiger partial charge < -0.3 is 14.8 Å². The van der Waals surface area contributed by atoms with Crippen LogP contribution in [0.4, 0.5) is 0 Å². The third-order valence-corrected chi connectivity index (χ3v) is 2.84. The van der Waals surface area contributed by atoms with Crippen LogP contribution in [0.5, 0.6) is 0 Å². The first-order valence-corrected chi connectivity index (χ1v) is 6.48. The van der Waals surface area contributed by atoms with Gasteiger partial charge in [0.15, 0.2) is 5.76 Å². The fourth-order valence-corrected chi connectivity index (χ4v) is 1.95. The third kappa shape index (κ3) is 3.88. The van der Waals surface area contributed by atoms with Crippen molar-refractivity contribution in [2.75, 3.05) is 6.61 Å². The summed E-state index contributed by atoms with van der Waals surface area (Å²) in [5.41, 5.74) is 0.839. The van der Waals surface area contributed by atoms with Gasteiger partial charge in [0, 0.05) is 12.0 Å². The average molecular weight is 253 g/mol. The second-order valence-electron chi connectivity index (χ2n) is 5.06. The minimum absolute atomic E-state index is 0.0513.